The summed E-state index contributed by atoms with van der Waals surface area (Å²) in [6.45, 7) is 5.88. The van der Waals surface area contributed by atoms with Gasteiger partial charge >= 0.3 is 0 Å². The summed E-state index contributed by atoms with van der Waals surface area (Å²) in [6.07, 6.45) is 1.64. The molecule has 3 heteroatoms. The first-order valence-corrected chi connectivity index (χ1v) is 4.55. The lowest BCUT2D eigenvalue weighted by Crippen LogP contribution is -2.28. The molecule has 0 aliphatic rings. The molecule has 0 bridgehead atoms. The fourth-order valence-electron chi connectivity index (χ4n) is 1.20. The smallest absolute Gasteiger partial charge is 0.134 e. The van der Waals surface area contributed by atoms with E-state index < -0.39 is 0 Å². The van der Waals surface area contributed by atoms with E-state index in [1.54, 1.807) is 6.26 Å². The fourth-order valence-corrected chi connectivity index (χ4v) is 1.20. The maximum atomic E-state index is 5.79. The predicted octanol–water partition coefficient (Wildman–Crippen LogP) is 2.09. The first kappa shape index (κ1) is 10.3. The molecule has 0 amide bonds. The van der Waals surface area contributed by atoms with Crippen molar-refractivity contribution in [2.75, 3.05) is 0 Å². The second-order valence-corrected chi connectivity index (χ2v) is 3.48. The first-order chi connectivity index (χ1) is 6.11. The Balaban J connectivity index is 2.69. The third-order valence-electron chi connectivity index (χ3n) is 1.72. The Morgan fingerprint density at radius 2 is 2.08 bits per heavy atom. The van der Waals surface area contributed by atoms with Crippen LogP contribution in [0.3, 0.4) is 0 Å². The Labute approximate surface area is 78.9 Å². The zero-order valence-electron chi connectivity index (χ0n) is 8.36. The highest BCUT2D eigenvalue weighted by Crippen LogP contribution is 2.22. The minimum absolute atomic E-state index is 0.0615. The van der Waals surface area contributed by atoms with Gasteiger partial charge in [0.05, 0.1) is 12.4 Å². The molecule has 0 saturated carbocycles. The van der Waals surface area contributed by atoms with Crippen LogP contribution < -0.4 is 5.73 Å². The average molecular weight is 183 g/mol. The third-order valence-corrected chi connectivity index (χ3v) is 1.72. The van der Waals surface area contributed by atoms with E-state index in [0.717, 1.165) is 5.76 Å². The molecule has 13 heavy (non-hydrogen) atoms. The number of nitrogens with two attached hydrogens (primary N) is 1. The van der Waals surface area contributed by atoms with Crippen molar-refractivity contribution in [1.29, 1.82) is 0 Å². The molecule has 0 aliphatic heterocycles. The van der Waals surface area contributed by atoms with E-state index in [1.165, 1.54) is 0 Å². The molecule has 1 heterocycles. The molecule has 1 aromatic rings. The van der Waals surface area contributed by atoms with E-state index in [9.17, 15) is 0 Å². The van der Waals surface area contributed by atoms with Gasteiger partial charge in [-0.2, -0.15) is 0 Å². The molecule has 1 rings (SSSR count). The lowest BCUT2D eigenvalue weighted by atomic mass is 10.1. The Bertz CT molecular complexity index is 229. The SMILES string of the molecule is CC(C)OC(c1ccco1)C(C)N. The molecule has 0 radical (unpaired) electrons. The monoisotopic (exact) mass is 183 g/mol. The standard InChI is InChI=1S/C10H17NO2/c1-7(2)13-10(8(3)11)9-5-4-6-12-9/h4-8,10H,11H2,1-3H3. The van der Waals surface area contributed by atoms with E-state index in [2.05, 4.69) is 0 Å². The number of hydrogen-bond acceptors (Lipinski definition) is 3. The van der Waals surface area contributed by atoms with E-state index >= 15 is 0 Å². The van der Waals surface area contributed by atoms with Crippen LogP contribution in [0.5, 0.6) is 0 Å². The van der Waals surface area contributed by atoms with Crippen LogP contribution in [-0.4, -0.2) is 12.1 Å². The maximum Gasteiger partial charge on any atom is 0.134 e. The van der Waals surface area contributed by atoms with Crippen LogP contribution in [0.15, 0.2) is 22.8 Å². The molecular formula is C10H17NO2. The highest BCUT2D eigenvalue weighted by atomic mass is 16.5. The van der Waals surface area contributed by atoms with Gasteiger partial charge in [0.1, 0.15) is 11.9 Å². The van der Waals surface area contributed by atoms with Gasteiger partial charge in [0.25, 0.3) is 0 Å². The van der Waals surface area contributed by atoms with Crippen molar-refractivity contribution >= 4 is 0 Å². The largest absolute Gasteiger partial charge is 0.467 e. The summed E-state index contributed by atoms with van der Waals surface area (Å²) in [5.41, 5.74) is 5.79. The Morgan fingerprint density at radius 1 is 1.38 bits per heavy atom. The van der Waals surface area contributed by atoms with Crippen molar-refractivity contribution in [2.45, 2.75) is 39.0 Å². The van der Waals surface area contributed by atoms with Gasteiger partial charge in [-0.1, -0.05) is 0 Å². The van der Waals surface area contributed by atoms with Crippen molar-refractivity contribution in [3.05, 3.63) is 24.2 Å². The van der Waals surface area contributed by atoms with Gasteiger partial charge in [0, 0.05) is 6.04 Å². The van der Waals surface area contributed by atoms with E-state index in [-0.39, 0.29) is 18.2 Å². The molecular weight excluding hydrogens is 166 g/mol. The van der Waals surface area contributed by atoms with Gasteiger partial charge in [0.15, 0.2) is 0 Å². The molecule has 0 spiro atoms. The third kappa shape index (κ3) is 2.86. The quantitative estimate of drug-likeness (QED) is 0.777. The Morgan fingerprint density at radius 3 is 2.46 bits per heavy atom. The van der Waals surface area contributed by atoms with Crippen LogP contribution in [0, 0.1) is 0 Å². The maximum absolute atomic E-state index is 5.79. The average Bonchev–Trinajstić information content (AvgIpc) is 2.50. The van der Waals surface area contributed by atoms with Gasteiger partial charge in [-0.15, -0.1) is 0 Å². The summed E-state index contributed by atoms with van der Waals surface area (Å²) in [5, 5.41) is 0. The summed E-state index contributed by atoms with van der Waals surface area (Å²) >= 11 is 0. The predicted molar refractivity (Wildman–Crippen MR) is 51.3 cm³/mol. The molecule has 3 nitrogen and oxygen atoms in total. The summed E-state index contributed by atoms with van der Waals surface area (Å²) in [7, 11) is 0. The Kier molecular flexibility index (Phi) is 3.51. The number of rotatable bonds is 4. The summed E-state index contributed by atoms with van der Waals surface area (Å²) in [6, 6.07) is 3.67. The first-order valence-electron chi connectivity index (χ1n) is 4.55. The Hall–Kier alpha value is -0.800. The number of hydrogen-bond donors (Lipinski definition) is 1. The topological polar surface area (TPSA) is 48.4 Å². The number of ether oxygens (including phenoxy) is 1. The van der Waals surface area contributed by atoms with Crippen molar-refractivity contribution in [3.8, 4) is 0 Å². The van der Waals surface area contributed by atoms with Crippen LogP contribution in [-0.2, 0) is 4.74 Å². The second kappa shape index (κ2) is 4.44. The van der Waals surface area contributed by atoms with Crippen LogP contribution >= 0.6 is 0 Å². The lowest BCUT2D eigenvalue weighted by molar-refractivity contribution is -0.0169. The molecule has 2 unspecified atom stereocenters. The van der Waals surface area contributed by atoms with Crippen LogP contribution in [0.4, 0.5) is 0 Å². The van der Waals surface area contributed by atoms with Crippen LogP contribution in [0.2, 0.25) is 0 Å². The number of furan rings is 1. The highest BCUT2D eigenvalue weighted by Gasteiger charge is 2.20. The van der Waals surface area contributed by atoms with Crippen molar-refractivity contribution in [3.63, 3.8) is 0 Å². The van der Waals surface area contributed by atoms with Crippen LogP contribution in [0.1, 0.15) is 32.6 Å². The summed E-state index contributed by atoms with van der Waals surface area (Å²) in [4.78, 5) is 0. The van der Waals surface area contributed by atoms with Crippen molar-refractivity contribution < 1.29 is 9.15 Å². The molecule has 1 aromatic heterocycles. The van der Waals surface area contributed by atoms with Gasteiger partial charge in [-0.25, -0.2) is 0 Å². The summed E-state index contributed by atoms with van der Waals surface area (Å²) in [5.74, 6) is 0.795. The zero-order chi connectivity index (χ0) is 9.84. The van der Waals surface area contributed by atoms with Crippen molar-refractivity contribution in [1.82, 2.24) is 0 Å². The lowest BCUT2D eigenvalue weighted by Gasteiger charge is -2.21. The van der Waals surface area contributed by atoms with E-state index in [1.807, 2.05) is 32.9 Å². The molecule has 0 saturated heterocycles. The summed E-state index contributed by atoms with van der Waals surface area (Å²) < 4.78 is 10.9. The molecule has 2 atom stereocenters. The minimum atomic E-state index is -0.144. The molecule has 0 aromatic carbocycles. The van der Waals surface area contributed by atoms with E-state index in [4.69, 9.17) is 14.9 Å². The van der Waals surface area contributed by atoms with Gasteiger partial charge in [0.2, 0.25) is 0 Å². The van der Waals surface area contributed by atoms with Crippen molar-refractivity contribution in [2.24, 2.45) is 5.73 Å². The second-order valence-electron chi connectivity index (χ2n) is 3.48. The molecule has 0 fully saturated rings. The van der Waals surface area contributed by atoms with E-state index in [0.29, 0.717) is 0 Å². The zero-order valence-corrected chi connectivity index (χ0v) is 8.36. The molecule has 0 aliphatic carbocycles. The minimum Gasteiger partial charge on any atom is -0.467 e. The fraction of sp³-hybridized carbons (Fsp3) is 0.600. The normalized spacial score (nSPS) is 16.1. The van der Waals surface area contributed by atoms with Gasteiger partial charge in [-0.3, -0.25) is 0 Å². The highest BCUT2D eigenvalue weighted by molar-refractivity contribution is 5.04. The molecule has 2 N–H and O–H groups in total. The van der Waals surface area contributed by atoms with Gasteiger partial charge in [-0.05, 0) is 32.9 Å². The van der Waals surface area contributed by atoms with Gasteiger partial charge < -0.3 is 14.9 Å². The molecule has 74 valence electrons. The van der Waals surface area contributed by atoms with Crippen LogP contribution in [0.25, 0.3) is 0 Å².